The lowest BCUT2D eigenvalue weighted by molar-refractivity contribution is -0.907. The molecule has 0 aromatic carbocycles. The lowest BCUT2D eigenvalue weighted by Crippen LogP contribution is -3.00. The van der Waals surface area contributed by atoms with Crippen molar-refractivity contribution in [1.29, 1.82) is 0 Å². The molecule has 0 aliphatic carbocycles. The highest BCUT2D eigenvalue weighted by molar-refractivity contribution is 5.81. The molecule has 1 amide bonds. The van der Waals surface area contributed by atoms with E-state index >= 15 is 0 Å². The fourth-order valence-corrected chi connectivity index (χ4v) is 3.65. The van der Waals surface area contributed by atoms with Crippen LogP contribution in [-0.2, 0) is 9.59 Å². The molecule has 0 saturated carbocycles. The van der Waals surface area contributed by atoms with Gasteiger partial charge in [0.25, 0.3) is 0 Å². The van der Waals surface area contributed by atoms with E-state index in [-0.39, 0.29) is 54.3 Å². The monoisotopic (exact) mass is 506 g/mol. The molecule has 0 saturated heterocycles. The lowest BCUT2D eigenvalue weighted by atomic mass is 9.89. The first-order valence-electron chi connectivity index (χ1n) is 10.6. The van der Waals surface area contributed by atoms with E-state index in [9.17, 15) is 9.59 Å². The van der Waals surface area contributed by atoms with Crippen molar-refractivity contribution in [3.8, 4) is 0 Å². The molecule has 0 radical (unpaired) electrons. The van der Waals surface area contributed by atoms with Crippen molar-refractivity contribution in [3.05, 3.63) is 0 Å². The summed E-state index contributed by atoms with van der Waals surface area (Å²) in [5.74, 6) is 0.923. The molecular weight excluding hydrogens is 459 g/mol. The minimum atomic E-state index is -0.367. The summed E-state index contributed by atoms with van der Waals surface area (Å²) in [6.45, 7) is 12.2. The first-order chi connectivity index (χ1) is 12.4. The highest BCUT2D eigenvalue weighted by Crippen LogP contribution is 2.19. The molecule has 0 rings (SSSR count). The zero-order chi connectivity index (χ0) is 22.4. The van der Waals surface area contributed by atoms with Gasteiger partial charge in [0.2, 0.25) is 5.91 Å². The van der Waals surface area contributed by atoms with Gasteiger partial charge in [-0.2, -0.15) is 0 Å². The van der Waals surface area contributed by atoms with Crippen LogP contribution in [0.3, 0.4) is 0 Å². The molecular formula is C22H49Cl3N4O2. The van der Waals surface area contributed by atoms with Crippen molar-refractivity contribution < 1.29 is 60.3 Å². The average Bonchev–Trinajstić information content (AvgIpc) is 2.47. The minimum Gasteiger partial charge on any atom is -1.00 e. The van der Waals surface area contributed by atoms with E-state index < -0.39 is 0 Å². The van der Waals surface area contributed by atoms with Gasteiger partial charge in [0, 0.05) is 5.41 Å². The van der Waals surface area contributed by atoms with E-state index in [4.69, 9.17) is 0 Å². The van der Waals surface area contributed by atoms with Crippen LogP contribution < -0.4 is 42.5 Å². The van der Waals surface area contributed by atoms with Gasteiger partial charge in [-0.15, -0.1) is 0 Å². The van der Waals surface area contributed by atoms with Gasteiger partial charge in [0.05, 0.1) is 81.3 Å². The summed E-state index contributed by atoms with van der Waals surface area (Å²) < 4.78 is 2.31. The van der Waals surface area contributed by atoms with Crippen LogP contribution in [0.1, 0.15) is 40.5 Å². The predicted octanol–water partition coefficient (Wildman–Crippen LogP) is -7.04. The van der Waals surface area contributed by atoms with E-state index in [0.717, 1.165) is 35.0 Å². The van der Waals surface area contributed by atoms with Crippen molar-refractivity contribution in [1.82, 2.24) is 5.32 Å². The van der Waals surface area contributed by atoms with Crippen molar-refractivity contribution in [2.75, 3.05) is 82.2 Å². The molecule has 0 aliphatic rings. The highest BCUT2D eigenvalue weighted by Gasteiger charge is 2.29. The third kappa shape index (κ3) is 18.0. The lowest BCUT2D eigenvalue weighted by Gasteiger charge is -2.35. The largest absolute Gasteiger partial charge is 1.00 e. The van der Waals surface area contributed by atoms with Gasteiger partial charge in [-0.05, 0) is 6.42 Å². The SMILES string of the molecule is CCC(C)(C)C(=O)NC[N+](C)(C)CC(=O)CC[N+](C)(C)CC(C)C[N+](C)(C)C.[Cl-].[Cl-].[Cl-]. The molecule has 0 aromatic rings. The van der Waals surface area contributed by atoms with E-state index in [1.807, 2.05) is 34.9 Å². The van der Waals surface area contributed by atoms with Gasteiger partial charge >= 0.3 is 0 Å². The Hall–Kier alpha value is -0.110. The summed E-state index contributed by atoms with van der Waals surface area (Å²) in [7, 11) is 15.1. The van der Waals surface area contributed by atoms with Crippen molar-refractivity contribution in [2.45, 2.75) is 40.5 Å². The number of hydrogen-bond acceptors (Lipinski definition) is 2. The van der Waals surface area contributed by atoms with Gasteiger partial charge in [-0.25, -0.2) is 0 Å². The van der Waals surface area contributed by atoms with Crippen molar-refractivity contribution in [2.24, 2.45) is 11.3 Å². The summed E-state index contributed by atoms with van der Waals surface area (Å²) in [5, 5.41) is 3.02. The molecule has 1 atom stereocenters. The van der Waals surface area contributed by atoms with Crippen LogP contribution in [0.15, 0.2) is 0 Å². The van der Waals surface area contributed by atoms with Gasteiger partial charge < -0.3 is 56.0 Å². The first kappa shape index (κ1) is 38.2. The number of carbonyl (C=O) groups is 2. The van der Waals surface area contributed by atoms with Crippen LogP contribution in [0.25, 0.3) is 0 Å². The normalized spacial score (nSPS) is 13.3. The van der Waals surface area contributed by atoms with Crippen molar-refractivity contribution >= 4 is 11.7 Å². The molecule has 0 spiro atoms. The maximum absolute atomic E-state index is 12.6. The second-order valence-corrected chi connectivity index (χ2v) is 11.7. The molecule has 0 bridgehead atoms. The minimum absolute atomic E-state index is 0. The van der Waals surface area contributed by atoms with Gasteiger partial charge in [0.1, 0.15) is 6.54 Å². The number of rotatable bonds is 13. The number of carbonyl (C=O) groups excluding carboxylic acids is 2. The average molecular weight is 508 g/mol. The second kappa shape index (κ2) is 14.9. The zero-order valence-electron chi connectivity index (χ0n) is 21.8. The Morgan fingerprint density at radius 1 is 0.871 bits per heavy atom. The van der Waals surface area contributed by atoms with Gasteiger partial charge in [-0.3, -0.25) is 9.59 Å². The third-order valence-electron chi connectivity index (χ3n) is 5.43. The second-order valence-electron chi connectivity index (χ2n) is 11.7. The van der Waals surface area contributed by atoms with E-state index in [1.165, 1.54) is 0 Å². The van der Waals surface area contributed by atoms with Gasteiger partial charge in [-0.1, -0.05) is 27.7 Å². The summed E-state index contributed by atoms with van der Waals surface area (Å²) >= 11 is 0. The Kier molecular flexibility index (Phi) is 18.4. The number of halogens is 3. The molecule has 31 heavy (non-hydrogen) atoms. The Morgan fingerprint density at radius 3 is 1.77 bits per heavy atom. The molecule has 9 heteroatoms. The molecule has 0 heterocycles. The van der Waals surface area contributed by atoms with Crippen LogP contribution >= 0.6 is 0 Å². The summed E-state index contributed by atoms with van der Waals surface area (Å²) in [5.41, 5.74) is -0.367. The van der Waals surface area contributed by atoms with E-state index in [0.29, 0.717) is 30.0 Å². The summed E-state index contributed by atoms with van der Waals surface area (Å²) in [6.07, 6.45) is 1.38. The number of likely N-dealkylation sites (N-methyl/N-ethyl adjacent to an activating group) is 1. The van der Waals surface area contributed by atoms with E-state index in [2.05, 4.69) is 47.5 Å². The number of amides is 1. The topological polar surface area (TPSA) is 46.2 Å². The smallest absolute Gasteiger partial charge is 0.229 e. The maximum Gasteiger partial charge on any atom is 0.229 e. The molecule has 0 aromatic heterocycles. The summed E-state index contributed by atoms with van der Waals surface area (Å²) in [4.78, 5) is 24.9. The number of Topliss-reactive ketones (excluding diaryl/α,β-unsaturated/α-hetero) is 1. The van der Waals surface area contributed by atoms with Crippen LogP contribution in [0.4, 0.5) is 0 Å². The zero-order valence-corrected chi connectivity index (χ0v) is 24.1. The Bertz CT molecular complexity index is 533. The predicted molar refractivity (Wildman–Crippen MR) is 118 cm³/mol. The van der Waals surface area contributed by atoms with Crippen molar-refractivity contribution in [3.63, 3.8) is 0 Å². The fraction of sp³-hybridized carbons (Fsp3) is 0.909. The van der Waals surface area contributed by atoms with Gasteiger partial charge in [0.15, 0.2) is 12.5 Å². The van der Waals surface area contributed by atoms with Crippen LogP contribution in [0, 0.1) is 11.3 Å². The van der Waals surface area contributed by atoms with E-state index in [1.54, 1.807) is 0 Å². The molecule has 0 fully saturated rings. The molecule has 190 valence electrons. The number of hydrogen-bond donors (Lipinski definition) is 1. The Balaban J connectivity index is -0.00000121. The first-order valence-corrected chi connectivity index (χ1v) is 10.6. The standard InChI is InChI=1S/C22H48N4O2.3ClH/c1-12-22(3,4)21(28)23-18-26(10,11)17-20(27)13-14-25(8,9)16-19(2)15-24(5,6)7;;;/h19H,12-18H2,1-11H3;3*1H/q+2;;;/p-2. The summed E-state index contributed by atoms with van der Waals surface area (Å²) in [6, 6.07) is 0. The number of quaternary nitrogens is 3. The number of ketones is 1. The third-order valence-corrected chi connectivity index (χ3v) is 5.43. The van der Waals surface area contributed by atoms with Crippen LogP contribution in [-0.4, -0.2) is 107 Å². The molecule has 1 unspecified atom stereocenters. The highest BCUT2D eigenvalue weighted by atomic mass is 35.5. The van der Waals surface area contributed by atoms with Crippen LogP contribution in [0.2, 0.25) is 0 Å². The fourth-order valence-electron chi connectivity index (χ4n) is 3.65. The number of nitrogens with one attached hydrogen (secondary N) is 1. The number of nitrogens with zero attached hydrogens (tertiary/aromatic N) is 3. The molecule has 6 nitrogen and oxygen atoms in total. The molecule has 1 N–H and O–H groups in total. The van der Waals surface area contributed by atoms with Crippen LogP contribution in [0.5, 0.6) is 0 Å². The quantitative estimate of drug-likeness (QED) is 0.199. The Labute approximate surface area is 211 Å². The maximum atomic E-state index is 12.6. The molecule has 0 aliphatic heterocycles. The Morgan fingerprint density at radius 2 is 1.35 bits per heavy atom.